The Balaban J connectivity index is 2.09. The minimum Gasteiger partial charge on any atom is -0.478 e. The van der Waals surface area contributed by atoms with Gasteiger partial charge in [-0.25, -0.2) is 9.86 Å². The van der Waals surface area contributed by atoms with E-state index in [0.717, 1.165) is 11.1 Å². The number of nitrogens with zero attached hydrogens (tertiary/aromatic N) is 2. The number of anilines is 1. The maximum Gasteiger partial charge on any atom is 0.335 e. The molecule has 1 atom stereocenters. The molecule has 1 aliphatic rings. The van der Waals surface area contributed by atoms with Crippen LogP contribution in [0.25, 0.3) is 0 Å². The normalized spacial score (nSPS) is 19.6. The summed E-state index contributed by atoms with van der Waals surface area (Å²) in [6.45, 7) is 4.12. The number of benzene rings is 1. The van der Waals surface area contributed by atoms with Crippen molar-refractivity contribution in [3.05, 3.63) is 59.4 Å². The second-order valence-corrected chi connectivity index (χ2v) is 6.35. The zero-order valence-electron chi connectivity index (χ0n) is 12.5. The summed E-state index contributed by atoms with van der Waals surface area (Å²) in [6.07, 6.45) is 4.14. The molecule has 0 amide bonds. The number of carboxylic acids is 1. The number of hydrogen-bond donors (Lipinski definition) is 2. The second kappa shape index (κ2) is 5.10. The standard InChI is InChI=1S/C17H18N2O3/c1-17(2)9-13-8-11(16(20)21)5-6-14(13)19(22)15(17)12-4-3-7-18-10-12/h3-8,10,15,22H,9H2,1-2H3,(H,20,21). The van der Waals surface area contributed by atoms with E-state index in [-0.39, 0.29) is 17.0 Å². The fraction of sp³-hybridized carbons (Fsp3) is 0.294. The highest BCUT2D eigenvalue weighted by Gasteiger charge is 2.41. The molecule has 0 aliphatic carbocycles. The van der Waals surface area contributed by atoms with Crippen LogP contribution >= 0.6 is 0 Å². The average Bonchev–Trinajstić information content (AvgIpc) is 2.46. The number of fused-ring (bicyclic) bond motifs is 1. The van der Waals surface area contributed by atoms with Gasteiger partial charge in [-0.2, -0.15) is 0 Å². The third-order valence-electron chi connectivity index (χ3n) is 4.20. The Kier molecular flexibility index (Phi) is 3.37. The maximum absolute atomic E-state index is 11.1. The lowest BCUT2D eigenvalue weighted by Gasteiger charge is -2.45. The minimum absolute atomic E-state index is 0.232. The van der Waals surface area contributed by atoms with Gasteiger partial charge in [0, 0.05) is 12.4 Å². The van der Waals surface area contributed by atoms with Crippen LogP contribution in [0.1, 0.15) is 41.4 Å². The van der Waals surface area contributed by atoms with Crippen LogP contribution in [0.2, 0.25) is 0 Å². The smallest absolute Gasteiger partial charge is 0.335 e. The van der Waals surface area contributed by atoms with Crippen molar-refractivity contribution in [3.8, 4) is 0 Å². The predicted molar refractivity (Wildman–Crippen MR) is 82.1 cm³/mol. The topological polar surface area (TPSA) is 73.7 Å². The number of aromatic nitrogens is 1. The number of aromatic carboxylic acids is 1. The van der Waals surface area contributed by atoms with Crippen LogP contribution in [-0.2, 0) is 6.42 Å². The predicted octanol–water partition coefficient (Wildman–Crippen LogP) is 3.30. The highest BCUT2D eigenvalue weighted by molar-refractivity contribution is 5.88. The zero-order valence-corrected chi connectivity index (χ0v) is 12.5. The van der Waals surface area contributed by atoms with Crippen LogP contribution in [0, 0.1) is 5.41 Å². The van der Waals surface area contributed by atoms with Crippen LogP contribution in [0.15, 0.2) is 42.7 Å². The van der Waals surface area contributed by atoms with Gasteiger partial charge in [0.15, 0.2) is 0 Å². The van der Waals surface area contributed by atoms with E-state index < -0.39 is 5.97 Å². The highest BCUT2D eigenvalue weighted by Crippen LogP contribution is 2.48. The Morgan fingerprint density at radius 2 is 2.14 bits per heavy atom. The summed E-state index contributed by atoms with van der Waals surface area (Å²) in [6, 6.07) is 8.38. The van der Waals surface area contributed by atoms with Crippen molar-refractivity contribution in [2.24, 2.45) is 5.41 Å². The molecule has 2 N–H and O–H groups in total. The second-order valence-electron chi connectivity index (χ2n) is 6.35. The molecular weight excluding hydrogens is 280 g/mol. The molecule has 1 aliphatic heterocycles. The van der Waals surface area contributed by atoms with E-state index in [2.05, 4.69) is 18.8 Å². The SMILES string of the molecule is CC1(C)Cc2cc(C(=O)O)ccc2N(O)C1c1cccnc1. The molecule has 22 heavy (non-hydrogen) atoms. The Bertz CT molecular complexity index is 713. The van der Waals surface area contributed by atoms with Gasteiger partial charge in [-0.1, -0.05) is 19.9 Å². The first-order chi connectivity index (χ1) is 10.4. The lowest BCUT2D eigenvalue weighted by atomic mass is 9.72. The summed E-state index contributed by atoms with van der Waals surface area (Å²) >= 11 is 0. The summed E-state index contributed by atoms with van der Waals surface area (Å²) in [7, 11) is 0. The van der Waals surface area contributed by atoms with Gasteiger partial charge in [0.05, 0.1) is 17.3 Å². The van der Waals surface area contributed by atoms with E-state index in [1.165, 1.54) is 11.1 Å². The van der Waals surface area contributed by atoms with Crippen molar-refractivity contribution in [3.63, 3.8) is 0 Å². The summed E-state index contributed by atoms with van der Waals surface area (Å²) < 4.78 is 0. The summed E-state index contributed by atoms with van der Waals surface area (Å²) in [5.41, 5.74) is 2.40. The van der Waals surface area contributed by atoms with Crippen molar-refractivity contribution in [2.75, 3.05) is 5.06 Å². The van der Waals surface area contributed by atoms with Crippen LogP contribution in [-0.4, -0.2) is 21.3 Å². The molecule has 0 saturated heterocycles. The summed E-state index contributed by atoms with van der Waals surface area (Å²) in [5, 5.41) is 21.1. The lowest BCUT2D eigenvalue weighted by molar-refractivity contribution is 0.0695. The third kappa shape index (κ3) is 2.33. The Morgan fingerprint density at radius 3 is 2.77 bits per heavy atom. The number of carboxylic acid groups (broad SMARTS) is 1. The van der Waals surface area contributed by atoms with Crippen LogP contribution < -0.4 is 5.06 Å². The molecule has 114 valence electrons. The van der Waals surface area contributed by atoms with Crippen LogP contribution in [0.3, 0.4) is 0 Å². The first kappa shape index (κ1) is 14.5. The first-order valence-corrected chi connectivity index (χ1v) is 7.14. The number of hydroxylamine groups is 1. The molecule has 0 fully saturated rings. The van der Waals surface area contributed by atoms with E-state index in [9.17, 15) is 10.0 Å². The zero-order chi connectivity index (χ0) is 15.9. The number of hydrogen-bond acceptors (Lipinski definition) is 4. The Hall–Kier alpha value is -2.40. The fourth-order valence-corrected chi connectivity index (χ4v) is 3.27. The van der Waals surface area contributed by atoms with Gasteiger partial charge in [0.1, 0.15) is 0 Å². The molecule has 0 radical (unpaired) electrons. The van der Waals surface area contributed by atoms with Gasteiger partial charge in [-0.3, -0.25) is 10.2 Å². The van der Waals surface area contributed by atoms with E-state index in [0.29, 0.717) is 12.1 Å². The van der Waals surface area contributed by atoms with E-state index in [1.54, 1.807) is 24.5 Å². The van der Waals surface area contributed by atoms with Gasteiger partial charge < -0.3 is 5.11 Å². The molecular formula is C17H18N2O3. The van der Waals surface area contributed by atoms with Crippen molar-refractivity contribution < 1.29 is 15.1 Å². The monoisotopic (exact) mass is 298 g/mol. The first-order valence-electron chi connectivity index (χ1n) is 7.14. The van der Waals surface area contributed by atoms with Crippen LogP contribution in [0.5, 0.6) is 0 Å². The quantitative estimate of drug-likeness (QED) is 0.890. The average molecular weight is 298 g/mol. The van der Waals surface area contributed by atoms with Crippen molar-refractivity contribution in [1.29, 1.82) is 0 Å². The molecule has 0 bridgehead atoms. The molecule has 1 unspecified atom stereocenters. The van der Waals surface area contributed by atoms with Crippen LogP contribution in [0.4, 0.5) is 5.69 Å². The Labute approximate surface area is 128 Å². The number of carbonyl (C=O) groups is 1. The van der Waals surface area contributed by atoms with Crippen molar-refractivity contribution >= 4 is 11.7 Å². The molecule has 3 rings (SSSR count). The Morgan fingerprint density at radius 1 is 1.36 bits per heavy atom. The third-order valence-corrected chi connectivity index (χ3v) is 4.20. The van der Waals surface area contributed by atoms with Gasteiger partial charge in [-0.15, -0.1) is 0 Å². The van der Waals surface area contributed by atoms with Crippen molar-refractivity contribution in [1.82, 2.24) is 4.98 Å². The van der Waals surface area contributed by atoms with Crippen molar-refractivity contribution in [2.45, 2.75) is 26.3 Å². The molecule has 2 aromatic rings. The summed E-state index contributed by atoms with van der Waals surface area (Å²) in [5.74, 6) is -0.959. The highest BCUT2D eigenvalue weighted by atomic mass is 16.5. The lowest BCUT2D eigenvalue weighted by Crippen LogP contribution is -2.42. The van der Waals surface area contributed by atoms with Gasteiger partial charge >= 0.3 is 5.97 Å². The minimum atomic E-state index is -0.959. The molecule has 2 heterocycles. The number of pyridine rings is 1. The molecule has 5 nitrogen and oxygen atoms in total. The molecule has 0 saturated carbocycles. The van der Waals surface area contributed by atoms with Gasteiger partial charge in [0.25, 0.3) is 0 Å². The van der Waals surface area contributed by atoms with E-state index in [4.69, 9.17) is 5.11 Å². The summed E-state index contributed by atoms with van der Waals surface area (Å²) in [4.78, 5) is 15.3. The molecule has 1 aromatic carbocycles. The molecule has 5 heteroatoms. The largest absolute Gasteiger partial charge is 0.478 e. The fourth-order valence-electron chi connectivity index (χ4n) is 3.27. The molecule has 0 spiro atoms. The van der Waals surface area contributed by atoms with E-state index >= 15 is 0 Å². The van der Waals surface area contributed by atoms with Gasteiger partial charge in [0.2, 0.25) is 0 Å². The van der Waals surface area contributed by atoms with E-state index in [1.807, 2.05) is 12.1 Å². The maximum atomic E-state index is 11.1. The molecule has 1 aromatic heterocycles. The van der Waals surface area contributed by atoms with Gasteiger partial charge in [-0.05, 0) is 47.2 Å². The number of rotatable bonds is 2.